The summed E-state index contributed by atoms with van der Waals surface area (Å²) in [6.45, 7) is 0. The molecule has 6 heteroatoms. The number of nitrogens with zero attached hydrogens (tertiary/aromatic N) is 2. The number of aliphatic carboxylic acids is 1. The summed E-state index contributed by atoms with van der Waals surface area (Å²) in [6, 6.07) is 0. The van der Waals surface area contributed by atoms with Crippen molar-refractivity contribution in [3.8, 4) is 10.8 Å². The van der Waals surface area contributed by atoms with Crippen LogP contribution in [0.3, 0.4) is 0 Å². The van der Waals surface area contributed by atoms with Crippen LogP contribution in [0.1, 0.15) is 12.3 Å². The SMILES string of the molecule is O=C(O)CCc1ncc(-c2nccs2)o1. The van der Waals surface area contributed by atoms with E-state index in [1.54, 1.807) is 12.4 Å². The third kappa shape index (κ3) is 2.41. The lowest BCUT2D eigenvalue weighted by atomic mass is 10.3. The molecule has 0 aromatic carbocycles. The Bertz CT molecular complexity index is 450. The van der Waals surface area contributed by atoms with Gasteiger partial charge in [-0.15, -0.1) is 11.3 Å². The van der Waals surface area contributed by atoms with Gasteiger partial charge in [-0.25, -0.2) is 9.97 Å². The Morgan fingerprint density at radius 1 is 1.53 bits per heavy atom. The maximum Gasteiger partial charge on any atom is 0.303 e. The molecule has 1 N–H and O–H groups in total. The largest absolute Gasteiger partial charge is 0.481 e. The summed E-state index contributed by atoms with van der Waals surface area (Å²) in [5.74, 6) is 0.164. The Kier molecular flexibility index (Phi) is 2.77. The molecule has 0 aliphatic rings. The van der Waals surface area contributed by atoms with Crippen LogP contribution in [-0.4, -0.2) is 21.0 Å². The van der Waals surface area contributed by atoms with Gasteiger partial charge in [-0.1, -0.05) is 0 Å². The van der Waals surface area contributed by atoms with Crippen LogP contribution in [-0.2, 0) is 11.2 Å². The predicted molar refractivity (Wildman–Crippen MR) is 53.6 cm³/mol. The molecule has 0 bridgehead atoms. The van der Waals surface area contributed by atoms with Gasteiger partial charge < -0.3 is 9.52 Å². The van der Waals surface area contributed by atoms with Gasteiger partial charge >= 0.3 is 5.97 Å². The number of rotatable bonds is 4. The van der Waals surface area contributed by atoms with Crippen molar-refractivity contribution in [1.82, 2.24) is 9.97 Å². The van der Waals surface area contributed by atoms with E-state index < -0.39 is 5.97 Å². The van der Waals surface area contributed by atoms with Crippen molar-refractivity contribution in [1.29, 1.82) is 0 Å². The van der Waals surface area contributed by atoms with E-state index in [1.165, 1.54) is 11.3 Å². The Morgan fingerprint density at radius 2 is 2.40 bits per heavy atom. The fourth-order valence-electron chi connectivity index (χ4n) is 1.08. The summed E-state index contributed by atoms with van der Waals surface area (Å²) >= 11 is 1.45. The summed E-state index contributed by atoms with van der Waals surface area (Å²) < 4.78 is 5.35. The molecule has 0 unspecified atom stereocenters. The maximum atomic E-state index is 10.3. The van der Waals surface area contributed by atoms with Crippen LogP contribution in [0.5, 0.6) is 0 Å². The Balaban J connectivity index is 2.08. The number of carbonyl (C=O) groups is 1. The van der Waals surface area contributed by atoms with E-state index in [1.807, 2.05) is 5.38 Å². The molecule has 0 aliphatic heterocycles. The molecule has 0 radical (unpaired) electrons. The fraction of sp³-hybridized carbons (Fsp3) is 0.222. The summed E-state index contributed by atoms with van der Waals surface area (Å²) in [5.41, 5.74) is 0. The van der Waals surface area contributed by atoms with Crippen molar-refractivity contribution in [2.75, 3.05) is 0 Å². The van der Waals surface area contributed by atoms with Crippen molar-refractivity contribution < 1.29 is 14.3 Å². The van der Waals surface area contributed by atoms with E-state index in [0.29, 0.717) is 18.1 Å². The first kappa shape index (κ1) is 9.85. The molecule has 0 aliphatic carbocycles. The highest BCUT2D eigenvalue weighted by Crippen LogP contribution is 2.22. The second-order valence-corrected chi connectivity index (χ2v) is 3.74. The monoisotopic (exact) mass is 224 g/mol. The second kappa shape index (κ2) is 4.22. The number of thiazole rings is 1. The van der Waals surface area contributed by atoms with Crippen LogP contribution in [0.15, 0.2) is 22.2 Å². The van der Waals surface area contributed by atoms with Gasteiger partial charge in [0, 0.05) is 18.0 Å². The number of carboxylic acid groups (broad SMARTS) is 1. The highest BCUT2D eigenvalue weighted by molar-refractivity contribution is 7.13. The third-order valence-electron chi connectivity index (χ3n) is 1.75. The molecule has 0 saturated heterocycles. The highest BCUT2D eigenvalue weighted by atomic mass is 32.1. The van der Waals surface area contributed by atoms with Gasteiger partial charge in [0.1, 0.15) is 0 Å². The topological polar surface area (TPSA) is 76.2 Å². The molecule has 0 spiro atoms. The van der Waals surface area contributed by atoms with E-state index in [-0.39, 0.29) is 6.42 Å². The standard InChI is InChI=1S/C9H8N2O3S/c12-8(13)2-1-7-11-5-6(14-7)9-10-3-4-15-9/h3-5H,1-2H2,(H,12,13). The lowest BCUT2D eigenvalue weighted by Crippen LogP contribution is -1.97. The molecule has 0 atom stereocenters. The van der Waals surface area contributed by atoms with Gasteiger partial charge in [-0.2, -0.15) is 0 Å². The molecule has 2 heterocycles. The summed E-state index contributed by atoms with van der Waals surface area (Å²) in [7, 11) is 0. The number of carboxylic acids is 1. The van der Waals surface area contributed by atoms with Crippen molar-refractivity contribution in [3.05, 3.63) is 23.7 Å². The van der Waals surface area contributed by atoms with Gasteiger partial charge in [0.25, 0.3) is 0 Å². The second-order valence-electron chi connectivity index (χ2n) is 2.85. The molecular weight excluding hydrogens is 216 g/mol. The zero-order valence-corrected chi connectivity index (χ0v) is 8.53. The van der Waals surface area contributed by atoms with Crippen molar-refractivity contribution in [2.45, 2.75) is 12.8 Å². The fourth-order valence-corrected chi connectivity index (χ4v) is 1.67. The number of aryl methyl sites for hydroxylation is 1. The normalized spacial score (nSPS) is 10.4. The Morgan fingerprint density at radius 3 is 3.07 bits per heavy atom. The number of aromatic nitrogens is 2. The maximum absolute atomic E-state index is 10.3. The molecule has 5 nitrogen and oxygen atoms in total. The number of hydrogen-bond acceptors (Lipinski definition) is 5. The zero-order valence-electron chi connectivity index (χ0n) is 7.71. The van der Waals surface area contributed by atoms with Gasteiger partial charge in [0.15, 0.2) is 16.7 Å². The van der Waals surface area contributed by atoms with E-state index in [0.717, 1.165) is 5.01 Å². The molecule has 2 aromatic rings. The zero-order chi connectivity index (χ0) is 10.7. The van der Waals surface area contributed by atoms with Crippen LogP contribution in [0.2, 0.25) is 0 Å². The first-order valence-corrected chi connectivity index (χ1v) is 5.20. The summed E-state index contributed by atoms with van der Waals surface area (Å²) in [5, 5.41) is 11.1. The van der Waals surface area contributed by atoms with Crippen molar-refractivity contribution >= 4 is 17.3 Å². The molecule has 15 heavy (non-hydrogen) atoms. The molecule has 0 fully saturated rings. The Labute approximate surface area is 89.4 Å². The van der Waals surface area contributed by atoms with Crippen LogP contribution in [0, 0.1) is 0 Å². The average molecular weight is 224 g/mol. The minimum atomic E-state index is -0.857. The van der Waals surface area contributed by atoms with E-state index in [9.17, 15) is 4.79 Å². The van der Waals surface area contributed by atoms with Gasteiger partial charge in [-0.3, -0.25) is 4.79 Å². The number of hydrogen-bond donors (Lipinski definition) is 1. The molecule has 2 rings (SSSR count). The first-order chi connectivity index (χ1) is 7.25. The van der Waals surface area contributed by atoms with Crippen molar-refractivity contribution in [3.63, 3.8) is 0 Å². The lowest BCUT2D eigenvalue weighted by Gasteiger charge is -1.90. The molecular formula is C9H8N2O3S. The lowest BCUT2D eigenvalue weighted by molar-refractivity contribution is -0.137. The minimum Gasteiger partial charge on any atom is -0.481 e. The van der Waals surface area contributed by atoms with Crippen LogP contribution < -0.4 is 0 Å². The number of oxazole rings is 1. The van der Waals surface area contributed by atoms with E-state index >= 15 is 0 Å². The summed E-state index contributed by atoms with van der Waals surface area (Å²) in [4.78, 5) is 18.4. The predicted octanol–water partition coefficient (Wildman–Crippen LogP) is 1.82. The van der Waals surface area contributed by atoms with Gasteiger partial charge in [0.2, 0.25) is 0 Å². The van der Waals surface area contributed by atoms with Crippen molar-refractivity contribution in [2.24, 2.45) is 0 Å². The molecule has 0 amide bonds. The third-order valence-corrected chi connectivity index (χ3v) is 2.54. The van der Waals surface area contributed by atoms with E-state index in [2.05, 4.69) is 9.97 Å². The smallest absolute Gasteiger partial charge is 0.303 e. The molecule has 78 valence electrons. The van der Waals surface area contributed by atoms with Gasteiger partial charge in [-0.05, 0) is 0 Å². The van der Waals surface area contributed by atoms with Gasteiger partial charge in [0.05, 0.1) is 12.6 Å². The average Bonchev–Trinajstić information content (AvgIpc) is 2.85. The quantitative estimate of drug-likeness (QED) is 0.857. The van der Waals surface area contributed by atoms with E-state index in [4.69, 9.17) is 9.52 Å². The van der Waals surface area contributed by atoms with Crippen LogP contribution >= 0.6 is 11.3 Å². The first-order valence-electron chi connectivity index (χ1n) is 4.32. The Hall–Kier alpha value is -1.69. The molecule has 0 saturated carbocycles. The molecule has 2 aromatic heterocycles. The minimum absolute atomic E-state index is 0.0256. The van der Waals surface area contributed by atoms with Crippen LogP contribution in [0.25, 0.3) is 10.8 Å². The van der Waals surface area contributed by atoms with Crippen LogP contribution in [0.4, 0.5) is 0 Å². The summed E-state index contributed by atoms with van der Waals surface area (Å²) in [6.07, 6.45) is 3.58. The highest BCUT2D eigenvalue weighted by Gasteiger charge is 2.09.